The van der Waals surface area contributed by atoms with E-state index in [1.807, 2.05) is 0 Å². The standard InChI is InChI=1S/C6H13N5O2S/c1-10(2)14(12,13)4-3-11-5-6(7)8-9-11/h5H,3-4,7H2,1-2H3. The lowest BCUT2D eigenvalue weighted by molar-refractivity contribution is 0.510. The molecule has 1 heterocycles. The Bertz CT molecular complexity index is 396. The van der Waals surface area contributed by atoms with E-state index in [0.29, 0.717) is 0 Å². The van der Waals surface area contributed by atoms with E-state index in [1.165, 1.54) is 29.3 Å². The Kier molecular flexibility index (Phi) is 3.06. The van der Waals surface area contributed by atoms with Crippen molar-refractivity contribution < 1.29 is 8.42 Å². The topological polar surface area (TPSA) is 94.1 Å². The highest BCUT2D eigenvalue weighted by Gasteiger charge is 2.13. The Balaban J connectivity index is 2.57. The third-order valence-corrected chi connectivity index (χ3v) is 3.50. The maximum atomic E-state index is 11.3. The van der Waals surface area contributed by atoms with Gasteiger partial charge in [-0.1, -0.05) is 5.21 Å². The van der Waals surface area contributed by atoms with E-state index in [4.69, 9.17) is 5.73 Å². The first-order chi connectivity index (χ1) is 6.42. The third kappa shape index (κ3) is 2.67. The number of aryl methyl sites for hydroxylation is 1. The molecule has 0 spiro atoms. The van der Waals surface area contributed by atoms with Gasteiger partial charge < -0.3 is 5.73 Å². The molecule has 1 rings (SSSR count). The van der Waals surface area contributed by atoms with Gasteiger partial charge in [0.2, 0.25) is 10.0 Å². The van der Waals surface area contributed by atoms with Crippen LogP contribution in [0.3, 0.4) is 0 Å². The minimum absolute atomic E-state index is 0.0111. The van der Waals surface area contributed by atoms with Crippen LogP contribution in [-0.4, -0.2) is 47.6 Å². The van der Waals surface area contributed by atoms with Crippen LogP contribution in [-0.2, 0) is 16.6 Å². The van der Waals surface area contributed by atoms with Gasteiger partial charge >= 0.3 is 0 Å². The van der Waals surface area contributed by atoms with Gasteiger partial charge in [0.1, 0.15) is 0 Å². The van der Waals surface area contributed by atoms with Gasteiger partial charge in [0, 0.05) is 14.1 Å². The minimum atomic E-state index is -3.18. The van der Waals surface area contributed by atoms with Crippen molar-refractivity contribution in [2.45, 2.75) is 6.54 Å². The van der Waals surface area contributed by atoms with Gasteiger partial charge in [-0.25, -0.2) is 17.4 Å². The quantitative estimate of drug-likeness (QED) is 0.683. The number of rotatable bonds is 4. The van der Waals surface area contributed by atoms with Crippen molar-refractivity contribution in [1.29, 1.82) is 0 Å². The smallest absolute Gasteiger partial charge is 0.215 e. The number of nitrogens with zero attached hydrogens (tertiary/aromatic N) is 4. The summed E-state index contributed by atoms with van der Waals surface area (Å²) < 4.78 is 25.3. The third-order valence-electron chi connectivity index (χ3n) is 1.69. The number of hydrogen-bond acceptors (Lipinski definition) is 5. The summed E-state index contributed by atoms with van der Waals surface area (Å²) >= 11 is 0. The van der Waals surface area contributed by atoms with Crippen molar-refractivity contribution in [1.82, 2.24) is 19.3 Å². The molecule has 0 amide bonds. The fourth-order valence-corrected chi connectivity index (χ4v) is 1.60. The molecule has 1 aromatic rings. The van der Waals surface area contributed by atoms with E-state index in [1.54, 1.807) is 0 Å². The molecule has 0 bridgehead atoms. The van der Waals surface area contributed by atoms with Crippen molar-refractivity contribution in [2.75, 3.05) is 25.6 Å². The van der Waals surface area contributed by atoms with Crippen LogP contribution in [0.15, 0.2) is 6.20 Å². The number of sulfonamides is 1. The van der Waals surface area contributed by atoms with Crippen LogP contribution in [0.5, 0.6) is 0 Å². The molecular formula is C6H13N5O2S. The summed E-state index contributed by atoms with van der Waals surface area (Å²) in [7, 11) is -0.201. The molecule has 80 valence electrons. The summed E-state index contributed by atoms with van der Waals surface area (Å²) in [5.41, 5.74) is 5.32. The summed E-state index contributed by atoms with van der Waals surface area (Å²) in [5.74, 6) is 0.273. The molecule has 7 nitrogen and oxygen atoms in total. The number of aromatic nitrogens is 3. The molecule has 0 aromatic carbocycles. The molecule has 0 saturated carbocycles. The zero-order chi connectivity index (χ0) is 10.8. The van der Waals surface area contributed by atoms with Crippen molar-refractivity contribution >= 4 is 15.8 Å². The van der Waals surface area contributed by atoms with Gasteiger partial charge in [0.25, 0.3) is 0 Å². The summed E-state index contributed by atoms with van der Waals surface area (Å²) in [6.45, 7) is 0.255. The molecule has 0 fully saturated rings. The van der Waals surface area contributed by atoms with Gasteiger partial charge in [-0.15, -0.1) is 5.10 Å². The highest BCUT2D eigenvalue weighted by atomic mass is 32.2. The molecule has 0 aliphatic heterocycles. The lowest BCUT2D eigenvalue weighted by Gasteiger charge is -2.10. The van der Waals surface area contributed by atoms with Gasteiger partial charge in [-0.3, -0.25) is 0 Å². The lowest BCUT2D eigenvalue weighted by Crippen LogP contribution is -2.27. The van der Waals surface area contributed by atoms with Crippen LogP contribution in [0, 0.1) is 0 Å². The molecule has 0 unspecified atom stereocenters. The average Bonchev–Trinajstić information content (AvgIpc) is 2.48. The van der Waals surface area contributed by atoms with E-state index in [9.17, 15) is 8.42 Å². The second-order valence-corrected chi connectivity index (χ2v) is 5.31. The van der Waals surface area contributed by atoms with Crippen LogP contribution >= 0.6 is 0 Å². The first-order valence-corrected chi connectivity index (χ1v) is 5.58. The van der Waals surface area contributed by atoms with Crippen molar-refractivity contribution in [3.8, 4) is 0 Å². The Morgan fingerprint density at radius 3 is 2.64 bits per heavy atom. The molecule has 0 aliphatic rings. The Morgan fingerprint density at radius 1 is 1.57 bits per heavy atom. The fourth-order valence-electron chi connectivity index (χ4n) is 0.814. The second-order valence-electron chi connectivity index (χ2n) is 3.00. The lowest BCUT2D eigenvalue weighted by atomic mass is 10.7. The van der Waals surface area contributed by atoms with Crippen molar-refractivity contribution in [3.05, 3.63) is 6.20 Å². The van der Waals surface area contributed by atoms with Crippen LogP contribution in [0.1, 0.15) is 0 Å². The molecule has 0 atom stereocenters. The van der Waals surface area contributed by atoms with Crippen molar-refractivity contribution in [2.24, 2.45) is 0 Å². The minimum Gasteiger partial charge on any atom is -0.381 e. The summed E-state index contributed by atoms with van der Waals surface area (Å²) in [4.78, 5) is 0. The molecular weight excluding hydrogens is 206 g/mol. The summed E-state index contributed by atoms with van der Waals surface area (Å²) in [6.07, 6.45) is 1.49. The zero-order valence-electron chi connectivity index (χ0n) is 8.08. The molecule has 2 N–H and O–H groups in total. The monoisotopic (exact) mass is 219 g/mol. The molecule has 0 saturated heterocycles. The maximum Gasteiger partial charge on any atom is 0.215 e. The van der Waals surface area contributed by atoms with Crippen LogP contribution in [0.2, 0.25) is 0 Å². The normalized spacial score (nSPS) is 12.2. The van der Waals surface area contributed by atoms with Crippen LogP contribution in [0.25, 0.3) is 0 Å². The van der Waals surface area contributed by atoms with Gasteiger partial charge in [-0.05, 0) is 0 Å². The highest BCUT2D eigenvalue weighted by Crippen LogP contribution is 1.97. The fraction of sp³-hybridized carbons (Fsp3) is 0.667. The number of anilines is 1. The Hall–Kier alpha value is -1.15. The van der Waals surface area contributed by atoms with E-state index < -0.39 is 10.0 Å². The maximum absolute atomic E-state index is 11.3. The molecule has 0 aliphatic carbocycles. The first kappa shape index (κ1) is 10.9. The second kappa shape index (κ2) is 3.93. The van der Waals surface area contributed by atoms with E-state index >= 15 is 0 Å². The number of nitrogens with two attached hydrogens (primary N) is 1. The number of hydrogen-bond donors (Lipinski definition) is 1. The molecule has 1 aromatic heterocycles. The van der Waals surface area contributed by atoms with Crippen LogP contribution < -0.4 is 5.73 Å². The molecule has 8 heteroatoms. The van der Waals surface area contributed by atoms with Gasteiger partial charge in [0.15, 0.2) is 5.82 Å². The van der Waals surface area contributed by atoms with Crippen LogP contribution in [0.4, 0.5) is 5.82 Å². The average molecular weight is 219 g/mol. The zero-order valence-corrected chi connectivity index (χ0v) is 8.90. The highest BCUT2D eigenvalue weighted by molar-refractivity contribution is 7.89. The molecule has 14 heavy (non-hydrogen) atoms. The summed E-state index contributed by atoms with van der Waals surface area (Å²) in [5, 5.41) is 7.18. The SMILES string of the molecule is CN(C)S(=O)(=O)CCn1cc(N)nn1. The van der Waals surface area contributed by atoms with Crippen molar-refractivity contribution in [3.63, 3.8) is 0 Å². The number of nitrogen functional groups attached to an aromatic ring is 1. The predicted molar refractivity (Wildman–Crippen MR) is 51.9 cm³/mol. The Labute approximate surface area is 82.5 Å². The molecule has 0 radical (unpaired) electrons. The van der Waals surface area contributed by atoms with E-state index in [2.05, 4.69) is 10.3 Å². The largest absolute Gasteiger partial charge is 0.381 e. The van der Waals surface area contributed by atoms with Gasteiger partial charge in [-0.2, -0.15) is 0 Å². The van der Waals surface area contributed by atoms with E-state index in [0.717, 1.165) is 0 Å². The first-order valence-electron chi connectivity index (χ1n) is 3.97. The summed E-state index contributed by atoms with van der Waals surface area (Å²) in [6, 6.07) is 0. The predicted octanol–water partition coefficient (Wildman–Crippen LogP) is -1.25. The van der Waals surface area contributed by atoms with Gasteiger partial charge in [0.05, 0.1) is 18.5 Å². The van der Waals surface area contributed by atoms with E-state index in [-0.39, 0.29) is 18.1 Å². The Morgan fingerprint density at radius 2 is 2.21 bits per heavy atom.